The van der Waals surface area contributed by atoms with Gasteiger partial charge in [-0.15, -0.1) is 0 Å². The van der Waals surface area contributed by atoms with Crippen LogP contribution in [0.25, 0.3) is 10.9 Å². The molecule has 0 spiro atoms. The topological polar surface area (TPSA) is 43.3 Å². The van der Waals surface area contributed by atoms with Crippen LogP contribution in [0.3, 0.4) is 0 Å². The van der Waals surface area contributed by atoms with Crippen LogP contribution in [0.15, 0.2) is 34.9 Å². The standard InChI is InChI=1S/C13H15BrN2O2/c1-13(2,3)18-12(17)15-16-8-7-9-10(14)5-4-6-11(9)16/h4-8H,1-3H3,(H,15,17). The summed E-state index contributed by atoms with van der Waals surface area (Å²) in [4.78, 5) is 11.7. The van der Waals surface area contributed by atoms with Crippen molar-refractivity contribution in [2.24, 2.45) is 0 Å². The maximum Gasteiger partial charge on any atom is 0.426 e. The lowest BCUT2D eigenvalue weighted by atomic mass is 10.2. The second kappa shape index (κ2) is 4.65. The third kappa shape index (κ3) is 2.85. The Morgan fingerprint density at radius 3 is 2.72 bits per heavy atom. The summed E-state index contributed by atoms with van der Waals surface area (Å²) in [6, 6.07) is 7.73. The van der Waals surface area contributed by atoms with Crippen molar-refractivity contribution >= 4 is 32.9 Å². The summed E-state index contributed by atoms with van der Waals surface area (Å²) >= 11 is 3.47. The molecule has 96 valence electrons. The number of carbonyl (C=O) groups is 1. The molecule has 18 heavy (non-hydrogen) atoms. The zero-order valence-corrected chi connectivity index (χ0v) is 12.1. The molecule has 2 rings (SSSR count). The number of benzene rings is 1. The average molecular weight is 311 g/mol. The summed E-state index contributed by atoms with van der Waals surface area (Å²) in [5, 5.41) is 1.04. The molecular weight excluding hydrogens is 296 g/mol. The maximum atomic E-state index is 11.7. The number of hydrogen-bond acceptors (Lipinski definition) is 2. The third-order valence-corrected chi connectivity index (χ3v) is 2.98. The van der Waals surface area contributed by atoms with Crippen LogP contribution in [0, 0.1) is 0 Å². The number of nitrogens with one attached hydrogen (secondary N) is 1. The van der Waals surface area contributed by atoms with Gasteiger partial charge in [0, 0.05) is 16.1 Å². The fraction of sp³-hybridized carbons (Fsp3) is 0.308. The first kappa shape index (κ1) is 13.0. The number of halogens is 1. The summed E-state index contributed by atoms with van der Waals surface area (Å²) in [5.41, 5.74) is 3.09. The van der Waals surface area contributed by atoms with Gasteiger partial charge in [-0.05, 0) is 39.0 Å². The van der Waals surface area contributed by atoms with Gasteiger partial charge in [0.1, 0.15) is 5.60 Å². The van der Waals surface area contributed by atoms with Crippen molar-refractivity contribution in [2.75, 3.05) is 5.43 Å². The molecule has 0 bridgehead atoms. The number of amides is 1. The van der Waals surface area contributed by atoms with Crippen LogP contribution in [0.5, 0.6) is 0 Å². The van der Waals surface area contributed by atoms with Crippen LogP contribution in [0.2, 0.25) is 0 Å². The summed E-state index contributed by atoms with van der Waals surface area (Å²) in [6.45, 7) is 5.49. The molecule has 0 saturated carbocycles. The second-order valence-corrected chi connectivity index (χ2v) is 5.83. The van der Waals surface area contributed by atoms with Crippen LogP contribution >= 0.6 is 15.9 Å². The van der Waals surface area contributed by atoms with Gasteiger partial charge in [0.25, 0.3) is 0 Å². The predicted octanol–water partition coefficient (Wildman–Crippen LogP) is 3.88. The van der Waals surface area contributed by atoms with E-state index in [0.717, 1.165) is 15.4 Å². The van der Waals surface area contributed by atoms with E-state index in [1.54, 1.807) is 10.9 Å². The van der Waals surface area contributed by atoms with Crippen LogP contribution in [-0.2, 0) is 4.74 Å². The van der Waals surface area contributed by atoms with Crippen molar-refractivity contribution in [1.29, 1.82) is 0 Å². The Kier molecular flexibility index (Phi) is 3.34. The molecule has 1 amide bonds. The lowest BCUT2D eigenvalue weighted by molar-refractivity contribution is 0.0614. The van der Waals surface area contributed by atoms with Crippen molar-refractivity contribution in [3.63, 3.8) is 0 Å². The number of aromatic nitrogens is 1. The molecule has 2 aromatic rings. The van der Waals surface area contributed by atoms with E-state index in [2.05, 4.69) is 21.4 Å². The lowest BCUT2D eigenvalue weighted by Gasteiger charge is -2.20. The second-order valence-electron chi connectivity index (χ2n) is 4.97. The molecular formula is C13H15BrN2O2. The van der Waals surface area contributed by atoms with Gasteiger partial charge >= 0.3 is 6.09 Å². The fourth-order valence-electron chi connectivity index (χ4n) is 1.63. The van der Waals surface area contributed by atoms with Crippen molar-refractivity contribution < 1.29 is 9.53 Å². The fourth-order valence-corrected chi connectivity index (χ4v) is 2.11. The first-order valence-electron chi connectivity index (χ1n) is 5.62. The Labute approximate surface area is 114 Å². The first-order chi connectivity index (χ1) is 8.37. The first-order valence-corrected chi connectivity index (χ1v) is 6.42. The Hall–Kier alpha value is -1.49. The molecule has 0 atom stereocenters. The van der Waals surface area contributed by atoms with Crippen molar-refractivity contribution in [3.8, 4) is 0 Å². The van der Waals surface area contributed by atoms with Gasteiger partial charge < -0.3 is 4.74 Å². The Morgan fingerprint density at radius 2 is 2.06 bits per heavy atom. The van der Waals surface area contributed by atoms with Gasteiger partial charge in [-0.25, -0.2) is 10.2 Å². The highest BCUT2D eigenvalue weighted by molar-refractivity contribution is 9.10. The minimum absolute atomic E-state index is 0.472. The van der Waals surface area contributed by atoms with Crippen molar-refractivity contribution in [1.82, 2.24) is 4.68 Å². The normalized spacial score (nSPS) is 11.6. The largest absolute Gasteiger partial charge is 0.443 e. The SMILES string of the molecule is CC(C)(C)OC(=O)Nn1ccc2c(Br)cccc21. The van der Waals surface area contributed by atoms with Gasteiger partial charge in [-0.3, -0.25) is 4.68 Å². The van der Waals surface area contributed by atoms with E-state index in [1.807, 2.05) is 45.0 Å². The van der Waals surface area contributed by atoms with Crippen LogP contribution in [-0.4, -0.2) is 16.4 Å². The van der Waals surface area contributed by atoms with Crippen LogP contribution in [0.4, 0.5) is 4.79 Å². The van der Waals surface area contributed by atoms with Crippen LogP contribution in [0.1, 0.15) is 20.8 Å². The molecule has 5 heteroatoms. The Bertz CT molecular complexity index is 584. The highest BCUT2D eigenvalue weighted by Gasteiger charge is 2.16. The number of fused-ring (bicyclic) bond motifs is 1. The number of hydrogen-bond donors (Lipinski definition) is 1. The molecule has 1 N–H and O–H groups in total. The average Bonchev–Trinajstić information content (AvgIpc) is 2.60. The summed E-state index contributed by atoms with van der Waals surface area (Å²) < 4.78 is 7.85. The van der Waals surface area contributed by atoms with E-state index in [9.17, 15) is 4.79 Å². The van der Waals surface area contributed by atoms with Gasteiger partial charge in [0.2, 0.25) is 0 Å². The molecule has 4 nitrogen and oxygen atoms in total. The number of ether oxygens (including phenoxy) is 1. The van der Waals surface area contributed by atoms with Crippen molar-refractivity contribution in [2.45, 2.75) is 26.4 Å². The van der Waals surface area contributed by atoms with Gasteiger partial charge in [0.15, 0.2) is 0 Å². The Balaban J connectivity index is 2.23. The third-order valence-electron chi connectivity index (χ3n) is 2.29. The molecule has 0 saturated heterocycles. The number of rotatable bonds is 1. The highest BCUT2D eigenvalue weighted by atomic mass is 79.9. The van der Waals surface area contributed by atoms with Gasteiger partial charge in [-0.1, -0.05) is 22.0 Å². The monoisotopic (exact) mass is 310 g/mol. The quantitative estimate of drug-likeness (QED) is 0.868. The molecule has 0 radical (unpaired) electrons. The highest BCUT2D eigenvalue weighted by Crippen LogP contribution is 2.24. The lowest BCUT2D eigenvalue weighted by Crippen LogP contribution is -2.31. The number of nitrogens with zero attached hydrogens (tertiary/aromatic N) is 1. The Morgan fingerprint density at radius 1 is 1.33 bits per heavy atom. The van der Waals surface area contributed by atoms with E-state index < -0.39 is 11.7 Å². The van der Waals surface area contributed by atoms with Crippen LogP contribution < -0.4 is 5.43 Å². The smallest absolute Gasteiger partial charge is 0.426 e. The molecule has 1 aromatic heterocycles. The summed E-state index contributed by atoms with van der Waals surface area (Å²) in [7, 11) is 0. The van der Waals surface area contributed by atoms with E-state index >= 15 is 0 Å². The summed E-state index contributed by atoms with van der Waals surface area (Å²) in [5.74, 6) is 0. The minimum atomic E-state index is -0.506. The molecule has 0 aliphatic rings. The molecule has 0 unspecified atom stereocenters. The molecule has 1 heterocycles. The van der Waals surface area contributed by atoms with E-state index in [-0.39, 0.29) is 0 Å². The van der Waals surface area contributed by atoms with Crippen molar-refractivity contribution in [3.05, 3.63) is 34.9 Å². The molecule has 0 aliphatic carbocycles. The van der Waals surface area contributed by atoms with Gasteiger partial charge in [0.05, 0.1) is 5.52 Å². The molecule has 1 aromatic carbocycles. The van der Waals surface area contributed by atoms with E-state index in [0.29, 0.717) is 0 Å². The zero-order valence-electron chi connectivity index (χ0n) is 10.5. The summed E-state index contributed by atoms with van der Waals surface area (Å²) in [6.07, 6.45) is 1.32. The van der Waals surface area contributed by atoms with Gasteiger partial charge in [-0.2, -0.15) is 0 Å². The number of carbonyl (C=O) groups excluding carboxylic acids is 1. The van der Waals surface area contributed by atoms with E-state index in [1.165, 1.54) is 0 Å². The van der Waals surface area contributed by atoms with E-state index in [4.69, 9.17) is 4.74 Å². The predicted molar refractivity (Wildman–Crippen MR) is 75.2 cm³/mol. The maximum absolute atomic E-state index is 11.7. The molecule has 0 aliphatic heterocycles. The zero-order chi connectivity index (χ0) is 13.3. The molecule has 0 fully saturated rings. The minimum Gasteiger partial charge on any atom is -0.443 e.